The maximum absolute atomic E-state index is 12.3. The monoisotopic (exact) mass is 389 g/mol. The molecular formula is C15H17Cl2N3O3S. The molecule has 1 aromatic carbocycles. The van der Waals surface area contributed by atoms with E-state index in [1.54, 1.807) is 0 Å². The van der Waals surface area contributed by atoms with E-state index in [1.165, 1.54) is 28.8 Å². The summed E-state index contributed by atoms with van der Waals surface area (Å²) in [5, 5.41) is 12.3. The van der Waals surface area contributed by atoms with E-state index in [1.807, 2.05) is 13.8 Å². The summed E-state index contributed by atoms with van der Waals surface area (Å²) in [6, 6.07) is 2.90. The molecule has 1 atom stereocenters. The number of thioether (sulfide) groups is 1. The van der Waals surface area contributed by atoms with Gasteiger partial charge in [-0.15, -0.1) is 0 Å². The molecule has 1 heterocycles. The average molecular weight is 390 g/mol. The summed E-state index contributed by atoms with van der Waals surface area (Å²) < 4.78 is 0. The lowest BCUT2D eigenvalue weighted by molar-refractivity contribution is -0.130. The first-order valence-corrected chi connectivity index (χ1v) is 9.02. The molecule has 9 heteroatoms. The lowest BCUT2D eigenvalue weighted by Gasteiger charge is -2.30. The highest BCUT2D eigenvalue weighted by atomic mass is 35.5. The largest absolute Gasteiger partial charge is 0.505 e. The molecule has 1 aliphatic heterocycles. The second kappa shape index (κ2) is 8.09. The minimum absolute atomic E-state index is 0.0670. The topological polar surface area (TPSA) is 82.0 Å². The number of aliphatic imine (C=N–C) groups is 1. The molecule has 0 bridgehead atoms. The first-order valence-electron chi connectivity index (χ1n) is 7.38. The second-order valence-corrected chi connectivity index (χ2v) is 6.98. The van der Waals surface area contributed by atoms with Gasteiger partial charge in [0.05, 0.1) is 21.0 Å². The highest BCUT2D eigenvalue weighted by Gasteiger charge is 2.34. The Morgan fingerprint density at radius 3 is 2.58 bits per heavy atom. The van der Waals surface area contributed by atoms with Crippen molar-refractivity contribution in [3.8, 4) is 5.75 Å². The lowest BCUT2D eigenvalue weighted by Crippen LogP contribution is -2.46. The van der Waals surface area contributed by atoms with E-state index in [0.29, 0.717) is 23.9 Å². The summed E-state index contributed by atoms with van der Waals surface area (Å²) in [4.78, 5) is 30.3. The molecule has 6 nitrogen and oxygen atoms in total. The molecule has 0 saturated carbocycles. The third-order valence-electron chi connectivity index (χ3n) is 3.33. The van der Waals surface area contributed by atoms with Gasteiger partial charge in [0.1, 0.15) is 0 Å². The number of nitrogens with zero attached hydrogens (tertiary/aromatic N) is 2. The second-order valence-electron chi connectivity index (χ2n) is 5.00. The fourth-order valence-electron chi connectivity index (χ4n) is 2.17. The summed E-state index contributed by atoms with van der Waals surface area (Å²) in [5.41, 5.74) is 0.396. The molecule has 1 aliphatic rings. The molecular weight excluding hydrogens is 373 g/mol. The number of halogens is 2. The van der Waals surface area contributed by atoms with Crippen LogP contribution in [-0.2, 0) is 9.59 Å². The SMILES string of the molecule is CCNC(=O)[C@H]1CC(=O)N(CC)C(=Nc2cc(Cl)c(O)c(Cl)c2)S1. The Kier molecular flexibility index (Phi) is 6.37. The van der Waals surface area contributed by atoms with E-state index in [2.05, 4.69) is 10.3 Å². The van der Waals surface area contributed by atoms with E-state index in [0.717, 1.165) is 0 Å². The van der Waals surface area contributed by atoms with Gasteiger partial charge in [-0.3, -0.25) is 14.5 Å². The zero-order valence-corrected chi connectivity index (χ0v) is 15.5. The quantitative estimate of drug-likeness (QED) is 0.828. The number of phenolic OH excluding ortho intramolecular Hbond substituents is 1. The van der Waals surface area contributed by atoms with Crippen molar-refractivity contribution in [1.82, 2.24) is 10.2 Å². The first-order chi connectivity index (χ1) is 11.4. The zero-order chi connectivity index (χ0) is 17.9. The Morgan fingerprint density at radius 1 is 1.42 bits per heavy atom. The van der Waals surface area contributed by atoms with Gasteiger partial charge in [-0.05, 0) is 26.0 Å². The normalized spacial score (nSPS) is 19.7. The zero-order valence-electron chi connectivity index (χ0n) is 13.2. The first kappa shape index (κ1) is 18.9. The molecule has 0 aromatic heterocycles. The molecule has 0 radical (unpaired) electrons. The third kappa shape index (κ3) is 4.15. The van der Waals surface area contributed by atoms with Gasteiger partial charge in [-0.2, -0.15) is 0 Å². The number of hydrogen-bond acceptors (Lipinski definition) is 5. The Balaban J connectivity index is 2.36. The number of rotatable bonds is 4. The number of nitrogens with one attached hydrogen (secondary N) is 1. The van der Waals surface area contributed by atoms with E-state index >= 15 is 0 Å². The van der Waals surface area contributed by atoms with Crippen LogP contribution in [0.25, 0.3) is 0 Å². The summed E-state index contributed by atoms with van der Waals surface area (Å²) in [7, 11) is 0. The number of hydrogen-bond donors (Lipinski definition) is 2. The molecule has 0 aliphatic carbocycles. The molecule has 2 amide bonds. The molecule has 2 N–H and O–H groups in total. The van der Waals surface area contributed by atoms with Gasteiger partial charge in [0.15, 0.2) is 10.9 Å². The lowest BCUT2D eigenvalue weighted by atomic mass is 10.2. The molecule has 2 rings (SSSR count). The fraction of sp³-hybridized carbons (Fsp3) is 0.400. The molecule has 0 unspecified atom stereocenters. The van der Waals surface area contributed by atoms with Crippen molar-refractivity contribution in [3.63, 3.8) is 0 Å². The molecule has 0 spiro atoms. The summed E-state index contributed by atoms with van der Waals surface area (Å²) in [5.74, 6) is -0.578. The number of amides is 2. The smallest absolute Gasteiger partial charge is 0.234 e. The van der Waals surface area contributed by atoms with Gasteiger partial charge < -0.3 is 10.4 Å². The van der Waals surface area contributed by atoms with Crippen LogP contribution in [0.15, 0.2) is 17.1 Å². The summed E-state index contributed by atoms with van der Waals surface area (Å²) in [6.07, 6.45) is 0.125. The van der Waals surface area contributed by atoms with Crippen LogP contribution < -0.4 is 5.32 Å². The van der Waals surface area contributed by atoms with Gasteiger partial charge in [0.25, 0.3) is 0 Å². The van der Waals surface area contributed by atoms with Crippen molar-refractivity contribution in [1.29, 1.82) is 0 Å². The third-order valence-corrected chi connectivity index (χ3v) is 5.09. The molecule has 1 aromatic rings. The maximum Gasteiger partial charge on any atom is 0.234 e. The fourth-order valence-corrected chi connectivity index (χ4v) is 3.83. The highest BCUT2D eigenvalue weighted by Crippen LogP contribution is 2.37. The minimum Gasteiger partial charge on any atom is -0.505 e. The predicted octanol–water partition coefficient (Wildman–Crippen LogP) is 3.18. The van der Waals surface area contributed by atoms with Crippen molar-refractivity contribution in [2.45, 2.75) is 25.5 Å². The van der Waals surface area contributed by atoms with Crippen LogP contribution in [0.5, 0.6) is 5.75 Å². The van der Waals surface area contributed by atoms with Crippen molar-refractivity contribution in [3.05, 3.63) is 22.2 Å². The number of carbonyl (C=O) groups is 2. The van der Waals surface area contributed by atoms with E-state index < -0.39 is 5.25 Å². The van der Waals surface area contributed by atoms with Crippen LogP contribution in [0, 0.1) is 0 Å². The Bertz CT molecular complexity index is 674. The summed E-state index contributed by atoms with van der Waals surface area (Å²) >= 11 is 13.0. The standard InChI is InChI=1S/C15H17Cl2N3O3S/c1-3-18-14(23)11-7-12(21)20(4-2)15(24-11)19-8-5-9(16)13(22)10(17)6-8/h5-6,11,22H,3-4,7H2,1-2H3,(H,18,23)/t11-/m1/s1. The Morgan fingerprint density at radius 2 is 2.04 bits per heavy atom. The van der Waals surface area contributed by atoms with E-state index in [9.17, 15) is 14.7 Å². The van der Waals surface area contributed by atoms with Gasteiger partial charge in [-0.1, -0.05) is 35.0 Å². The molecule has 1 fully saturated rings. The van der Waals surface area contributed by atoms with Crippen LogP contribution in [-0.4, -0.2) is 45.3 Å². The Hall–Kier alpha value is -1.44. The van der Waals surface area contributed by atoms with Gasteiger partial charge in [0, 0.05) is 19.5 Å². The van der Waals surface area contributed by atoms with Crippen LogP contribution >= 0.6 is 35.0 Å². The molecule has 24 heavy (non-hydrogen) atoms. The average Bonchev–Trinajstić information content (AvgIpc) is 2.52. The number of carbonyl (C=O) groups excluding carboxylic acids is 2. The van der Waals surface area contributed by atoms with Crippen LogP contribution in [0.3, 0.4) is 0 Å². The van der Waals surface area contributed by atoms with Crippen LogP contribution in [0.1, 0.15) is 20.3 Å². The minimum atomic E-state index is -0.526. The maximum atomic E-state index is 12.3. The van der Waals surface area contributed by atoms with Crippen LogP contribution in [0.4, 0.5) is 5.69 Å². The molecule has 1 saturated heterocycles. The summed E-state index contributed by atoms with van der Waals surface area (Å²) in [6.45, 7) is 4.59. The number of amidine groups is 1. The number of benzene rings is 1. The van der Waals surface area contributed by atoms with Gasteiger partial charge in [-0.25, -0.2) is 4.99 Å². The van der Waals surface area contributed by atoms with Crippen molar-refractivity contribution in [2.75, 3.05) is 13.1 Å². The van der Waals surface area contributed by atoms with Gasteiger partial charge >= 0.3 is 0 Å². The van der Waals surface area contributed by atoms with Gasteiger partial charge in [0.2, 0.25) is 11.8 Å². The highest BCUT2D eigenvalue weighted by molar-refractivity contribution is 8.15. The van der Waals surface area contributed by atoms with Crippen molar-refractivity contribution in [2.24, 2.45) is 4.99 Å². The van der Waals surface area contributed by atoms with Crippen LogP contribution in [0.2, 0.25) is 10.0 Å². The molecule has 130 valence electrons. The number of aromatic hydroxyl groups is 1. The van der Waals surface area contributed by atoms with E-state index in [4.69, 9.17) is 23.2 Å². The Labute approximate surface area is 154 Å². The van der Waals surface area contributed by atoms with E-state index in [-0.39, 0.29) is 34.0 Å². The van der Waals surface area contributed by atoms with Crippen molar-refractivity contribution < 1.29 is 14.7 Å². The predicted molar refractivity (Wildman–Crippen MR) is 97.3 cm³/mol. The van der Waals surface area contributed by atoms with Crippen molar-refractivity contribution >= 4 is 57.6 Å². The number of phenols is 1.